The summed E-state index contributed by atoms with van der Waals surface area (Å²) in [5, 5.41) is 10.7. The molecule has 0 atom stereocenters. The fourth-order valence-electron chi connectivity index (χ4n) is 2.92. The fourth-order valence-corrected chi connectivity index (χ4v) is 2.92. The molecule has 4 rings (SSSR count). The van der Waals surface area contributed by atoms with E-state index in [4.69, 9.17) is 0 Å². The highest BCUT2D eigenvalue weighted by Crippen LogP contribution is 2.37. The lowest BCUT2D eigenvalue weighted by Crippen LogP contribution is -2.14. The van der Waals surface area contributed by atoms with Crippen molar-refractivity contribution in [2.45, 2.75) is 0 Å². The molecule has 0 saturated carbocycles. The molecule has 0 heterocycles. The van der Waals surface area contributed by atoms with E-state index in [0.717, 1.165) is 33.7 Å². The van der Waals surface area contributed by atoms with Crippen molar-refractivity contribution < 1.29 is 9.95 Å². The average Bonchev–Trinajstić information content (AvgIpc) is 2.90. The molecule has 0 bridgehead atoms. The van der Waals surface area contributed by atoms with Gasteiger partial charge in [-0.05, 0) is 23.3 Å². The Morgan fingerprint density at radius 1 is 0.524 bits per heavy atom. The zero-order valence-corrected chi connectivity index (χ0v) is 11.4. The molecule has 3 aromatic carbocycles. The first kappa shape index (κ1) is 11.9. The highest BCUT2D eigenvalue weighted by molar-refractivity contribution is 6.22. The van der Waals surface area contributed by atoms with Crippen LogP contribution in [-0.2, 0) is 0 Å². The Kier molecular flexibility index (Phi) is 2.61. The Bertz CT molecular complexity index is 803. The van der Waals surface area contributed by atoms with Crippen LogP contribution < -0.4 is 0 Å². The molecule has 2 nitrogen and oxygen atoms in total. The van der Waals surface area contributed by atoms with Crippen LogP contribution in [0, 0.1) is 0 Å². The molecule has 1 aliphatic rings. The number of hydrogen-bond donors (Lipinski definition) is 1. The van der Waals surface area contributed by atoms with Crippen molar-refractivity contribution in [2.75, 3.05) is 0 Å². The number of fused-ring (bicyclic) bond motifs is 3. The summed E-state index contributed by atoms with van der Waals surface area (Å²) in [5.41, 5.74) is 6.05. The molecule has 1 aliphatic carbocycles. The maximum atomic E-state index is 10.7. The lowest BCUT2D eigenvalue weighted by atomic mass is 10.1. The van der Waals surface area contributed by atoms with E-state index in [1.54, 1.807) is 0 Å². The Morgan fingerprint density at radius 2 is 0.952 bits per heavy atom. The van der Waals surface area contributed by atoms with Crippen LogP contribution >= 0.6 is 0 Å². The first-order valence-corrected chi connectivity index (χ1v) is 6.96. The van der Waals surface area contributed by atoms with Crippen LogP contribution in [0.3, 0.4) is 0 Å². The zero-order valence-electron chi connectivity index (χ0n) is 11.4. The Balaban J connectivity index is 2.06. The van der Waals surface area contributed by atoms with Crippen LogP contribution in [-0.4, -0.2) is 15.7 Å². The van der Waals surface area contributed by atoms with Crippen LogP contribution in [0.1, 0.15) is 11.1 Å². The van der Waals surface area contributed by atoms with Gasteiger partial charge in [0.25, 0.3) is 11.4 Å². The summed E-state index contributed by atoms with van der Waals surface area (Å²) in [5.74, 6) is 0. The molecule has 3 aromatic rings. The van der Waals surface area contributed by atoms with Crippen molar-refractivity contribution in [3.63, 3.8) is 0 Å². The minimum Gasteiger partial charge on any atom is -0.284 e. The number of para-hydroxylation sites is 1. The topological polar surface area (TPSA) is 23.2 Å². The molecule has 0 spiro atoms. The van der Waals surface area contributed by atoms with Gasteiger partial charge in [0.05, 0.1) is 11.1 Å². The lowest BCUT2D eigenvalue weighted by Gasteiger charge is -1.99. The van der Waals surface area contributed by atoms with E-state index in [2.05, 4.69) is 24.3 Å². The maximum absolute atomic E-state index is 10.7. The summed E-state index contributed by atoms with van der Waals surface area (Å²) in [6.07, 6.45) is 0. The van der Waals surface area contributed by atoms with Gasteiger partial charge in [-0.1, -0.05) is 54.6 Å². The molecule has 0 fully saturated rings. The highest BCUT2D eigenvalue weighted by atomic mass is 16.5. The molecule has 100 valence electrons. The quantitative estimate of drug-likeness (QED) is 0.313. The first-order chi connectivity index (χ1) is 10.4. The number of nitrogens with zero attached hydrogens (tertiary/aromatic N) is 1. The van der Waals surface area contributed by atoms with Gasteiger partial charge in [-0.15, -0.1) is 0 Å². The largest absolute Gasteiger partial charge is 0.284 e. The smallest absolute Gasteiger partial charge is 0.273 e. The molecule has 2 heteroatoms. The SMILES string of the molecule is O[N+](=C1c2ccccc2-c2ccccc21)c1ccccc1. The van der Waals surface area contributed by atoms with Crippen LogP contribution in [0.25, 0.3) is 11.1 Å². The second kappa shape index (κ2) is 4.60. The Morgan fingerprint density at radius 3 is 1.48 bits per heavy atom. The minimum absolute atomic E-state index is 0.763. The van der Waals surface area contributed by atoms with Crippen molar-refractivity contribution in [3.05, 3.63) is 90.0 Å². The zero-order chi connectivity index (χ0) is 14.2. The van der Waals surface area contributed by atoms with Gasteiger partial charge in [0.1, 0.15) is 0 Å². The van der Waals surface area contributed by atoms with Gasteiger partial charge < -0.3 is 0 Å². The summed E-state index contributed by atoms with van der Waals surface area (Å²) in [6, 6.07) is 26.0. The fraction of sp³-hybridized carbons (Fsp3) is 0. The van der Waals surface area contributed by atoms with Gasteiger partial charge in [0, 0.05) is 16.9 Å². The minimum atomic E-state index is 0.763. The van der Waals surface area contributed by atoms with Crippen LogP contribution in [0.2, 0.25) is 0 Å². The van der Waals surface area contributed by atoms with Crippen LogP contribution in [0.5, 0.6) is 0 Å². The molecule has 0 saturated heterocycles. The second-order valence-electron chi connectivity index (χ2n) is 5.09. The van der Waals surface area contributed by atoms with E-state index in [1.807, 2.05) is 54.6 Å². The van der Waals surface area contributed by atoms with Crippen molar-refractivity contribution in [1.82, 2.24) is 0 Å². The third-order valence-corrected chi connectivity index (χ3v) is 3.87. The van der Waals surface area contributed by atoms with Gasteiger partial charge in [-0.2, -0.15) is 0 Å². The maximum Gasteiger partial charge on any atom is 0.273 e. The normalized spacial score (nSPS) is 11.9. The van der Waals surface area contributed by atoms with E-state index < -0.39 is 0 Å². The molecule has 0 amide bonds. The summed E-state index contributed by atoms with van der Waals surface area (Å²) in [7, 11) is 0. The summed E-state index contributed by atoms with van der Waals surface area (Å²) in [6.45, 7) is 0. The van der Waals surface area contributed by atoms with Gasteiger partial charge >= 0.3 is 0 Å². The number of rotatable bonds is 1. The number of benzene rings is 3. The van der Waals surface area contributed by atoms with Gasteiger partial charge in [-0.3, -0.25) is 5.21 Å². The Labute approximate surface area is 123 Å². The van der Waals surface area contributed by atoms with Crippen molar-refractivity contribution in [2.24, 2.45) is 0 Å². The molecular formula is C19H14NO+. The van der Waals surface area contributed by atoms with E-state index in [0.29, 0.717) is 0 Å². The van der Waals surface area contributed by atoms with Crippen LogP contribution in [0.15, 0.2) is 78.9 Å². The third kappa shape index (κ3) is 1.77. The van der Waals surface area contributed by atoms with Gasteiger partial charge in [-0.25, -0.2) is 0 Å². The monoisotopic (exact) mass is 272 g/mol. The molecule has 0 aromatic heterocycles. The van der Waals surface area contributed by atoms with E-state index in [-0.39, 0.29) is 0 Å². The van der Waals surface area contributed by atoms with Gasteiger partial charge in [0.2, 0.25) is 0 Å². The predicted molar refractivity (Wildman–Crippen MR) is 83.2 cm³/mol. The van der Waals surface area contributed by atoms with Crippen molar-refractivity contribution in [1.29, 1.82) is 0 Å². The summed E-state index contributed by atoms with van der Waals surface area (Å²) >= 11 is 0. The van der Waals surface area contributed by atoms with E-state index in [9.17, 15) is 5.21 Å². The summed E-state index contributed by atoms with van der Waals surface area (Å²) in [4.78, 5) is 0. The molecule has 0 aliphatic heterocycles. The summed E-state index contributed by atoms with van der Waals surface area (Å²) < 4.78 is 1.28. The predicted octanol–water partition coefficient (Wildman–Crippen LogP) is 4.24. The van der Waals surface area contributed by atoms with E-state index in [1.165, 1.54) is 4.74 Å². The Hall–Kier alpha value is -2.87. The lowest BCUT2D eigenvalue weighted by molar-refractivity contribution is -0.712. The molecular weight excluding hydrogens is 258 g/mol. The highest BCUT2D eigenvalue weighted by Gasteiger charge is 2.33. The molecule has 1 N–H and O–H groups in total. The third-order valence-electron chi connectivity index (χ3n) is 3.87. The van der Waals surface area contributed by atoms with Crippen LogP contribution in [0.4, 0.5) is 5.69 Å². The second-order valence-corrected chi connectivity index (χ2v) is 5.09. The van der Waals surface area contributed by atoms with Crippen molar-refractivity contribution >= 4 is 11.4 Å². The van der Waals surface area contributed by atoms with Crippen molar-refractivity contribution in [3.8, 4) is 11.1 Å². The number of hydrogen-bond acceptors (Lipinski definition) is 1. The molecule has 0 radical (unpaired) electrons. The van der Waals surface area contributed by atoms with Gasteiger partial charge in [0.15, 0.2) is 0 Å². The first-order valence-electron chi connectivity index (χ1n) is 6.96. The average molecular weight is 272 g/mol. The molecule has 21 heavy (non-hydrogen) atoms. The standard InChI is InChI=1S/C19H14NO/c21-20(14-8-2-1-3-9-14)19-17-12-6-4-10-15(17)16-11-5-7-13-18(16)19/h1-13,21H/q+1. The molecule has 0 unspecified atom stereocenters. The van der Waals surface area contributed by atoms with E-state index >= 15 is 0 Å².